The molecule has 2 rings (SSSR count). The molecule has 0 unspecified atom stereocenters. The van der Waals surface area contributed by atoms with E-state index in [0.717, 1.165) is 0 Å². The number of ether oxygens (including phenoxy) is 1. The fourth-order valence-electron chi connectivity index (χ4n) is 1.96. The maximum Gasteiger partial charge on any atom is 0.409 e. The highest BCUT2D eigenvalue weighted by molar-refractivity contribution is 6.18. The Morgan fingerprint density at radius 1 is 1.20 bits per heavy atom. The molecule has 1 aromatic heterocycles. The maximum absolute atomic E-state index is 12.2. The van der Waals surface area contributed by atoms with Crippen LogP contribution in [0, 0.1) is 0 Å². The van der Waals surface area contributed by atoms with Crippen molar-refractivity contribution in [1.29, 1.82) is 0 Å². The van der Waals surface area contributed by atoms with Crippen LogP contribution in [0.1, 0.15) is 10.5 Å². The van der Waals surface area contributed by atoms with Gasteiger partial charge in [0.15, 0.2) is 0 Å². The zero-order valence-electron chi connectivity index (χ0n) is 11.0. The van der Waals surface area contributed by atoms with Crippen LogP contribution in [-0.4, -0.2) is 65.5 Å². The van der Waals surface area contributed by atoms with Crippen LogP contribution < -0.4 is 0 Å². The average molecular weight is 298 g/mol. The molecule has 6 nitrogen and oxygen atoms in total. The van der Waals surface area contributed by atoms with E-state index in [-0.39, 0.29) is 24.5 Å². The number of nitrogens with zero attached hydrogens (tertiary/aromatic N) is 3. The molecule has 1 fully saturated rings. The fraction of sp³-hybridized carbons (Fsp3) is 0.462. The molecule has 0 atom stereocenters. The Hall–Kier alpha value is -1.82. The number of carbonyl (C=O) groups is 2. The van der Waals surface area contributed by atoms with Crippen molar-refractivity contribution in [1.82, 2.24) is 14.8 Å². The van der Waals surface area contributed by atoms with Crippen LogP contribution in [0.5, 0.6) is 0 Å². The van der Waals surface area contributed by atoms with Gasteiger partial charge in [0.1, 0.15) is 12.3 Å². The Labute approximate surface area is 122 Å². The van der Waals surface area contributed by atoms with E-state index in [2.05, 4.69) is 4.98 Å². The van der Waals surface area contributed by atoms with Gasteiger partial charge in [0.05, 0.1) is 5.88 Å². The molecule has 1 aliphatic heterocycles. The molecule has 0 saturated carbocycles. The van der Waals surface area contributed by atoms with Crippen molar-refractivity contribution in [2.24, 2.45) is 0 Å². The molecule has 0 spiro atoms. The van der Waals surface area contributed by atoms with Crippen molar-refractivity contribution in [3.05, 3.63) is 30.1 Å². The number of alkyl halides is 1. The molecule has 0 radical (unpaired) electrons. The van der Waals surface area contributed by atoms with Crippen LogP contribution >= 0.6 is 11.6 Å². The molecule has 2 amide bonds. The first-order chi connectivity index (χ1) is 9.72. The van der Waals surface area contributed by atoms with Crippen molar-refractivity contribution >= 4 is 23.6 Å². The van der Waals surface area contributed by atoms with Crippen LogP contribution in [0.25, 0.3) is 0 Å². The van der Waals surface area contributed by atoms with Crippen LogP contribution in [0.4, 0.5) is 4.79 Å². The third-order valence-electron chi connectivity index (χ3n) is 3.01. The first kappa shape index (κ1) is 14.6. The quantitative estimate of drug-likeness (QED) is 0.787. The molecule has 1 aliphatic rings. The van der Waals surface area contributed by atoms with Gasteiger partial charge in [0.25, 0.3) is 5.91 Å². The van der Waals surface area contributed by atoms with E-state index < -0.39 is 0 Å². The zero-order valence-corrected chi connectivity index (χ0v) is 11.8. The lowest BCUT2D eigenvalue weighted by atomic mass is 10.2. The molecule has 0 aliphatic carbocycles. The second-order valence-electron chi connectivity index (χ2n) is 4.30. The highest BCUT2D eigenvalue weighted by atomic mass is 35.5. The summed E-state index contributed by atoms with van der Waals surface area (Å²) in [6.45, 7) is 2.07. The van der Waals surface area contributed by atoms with Crippen molar-refractivity contribution in [3.8, 4) is 0 Å². The molecule has 20 heavy (non-hydrogen) atoms. The smallest absolute Gasteiger partial charge is 0.409 e. The topological polar surface area (TPSA) is 62.7 Å². The Morgan fingerprint density at radius 2 is 1.90 bits per heavy atom. The van der Waals surface area contributed by atoms with E-state index in [4.69, 9.17) is 16.3 Å². The number of hydrogen-bond acceptors (Lipinski definition) is 4. The summed E-state index contributed by atoms with van der Waals surface area (Å²) < 4.78 is 4.95. The summed E-state index contributed by atoms with van der Waals surface area (Å²) in [4.78, 5) is 31.1. The van der Waals surface area contributed by atoms with Gasteiger partial charge in [-0.25, -0.2) is 4.79 Å². The number of hydrogen-bond donors (Lipinski definition) is 0. The highest BCUT2D eigenvalue weighted by Gasteiger charge is 2.25. The monoisotopic (exact) mass is 297 g/mol. The summed E-state index contributed by atoms with van der Waals surface area (Å²) in [5, 5.41) is 0. The largest absolute Gasteiger partial charge is 0.448 e. The minimum Gasteiger partial charge on any atom is -0.448 e. The van der Waals surface area contributed by atoms with E-state index in [1.54, 1.807) is 34.2 Å². The number of halogens is 1. The molecule has 7 heteroatoms. The fourth-order valence-corrected chi connectivity index (χ4v) is 2.04. The molecule has 0 aromatic carbocycles. The normalized spacial score (nSPS) is 15.1. The van der Waals surface area contributed by atoms with Crippen molar-refractivity contribution < 1.29 is 14.3 Å². The van der Waals surface area contributed by atoms with Crippen molar-refractivity contribution in [2.75, 3.05) is 38.7 Å². The molecular formula is C13H16ClN3O3. The van der Waals surface area contributed by atoms with Crippen LogP contribution in [0.3, 0.4) is 0 Å². The van der Waals surface area contributed by atoms with E-state index in [1.807, 2.05) is 0 Å². The second kappa shape index (κ2) is 7.09. The summed E-state index contributed by atoms with van der Waals surface area (Å²) in [6.07, 6.45) is 1.21. The lowest BCUT2D eigenvalue weighted by Gasteiger charge is -2.33. The molecular weight excluding hydrogens is 282 g/mol. The number of aromatic nitrogens is 1. The molecule has 1 saturated heterocycles. The van der Waals surface area contributed by atoms with Gasteiger partial charge in [-0.15, -0.1) is 11.6 Å². The van der Waals surface area contributed by atoms with Gasteiger partial charge in [0, 0.05) is 32.4 Å². The van der Waals surface area contributed by atoms with Gasteiger partial charge in [-0.2, -0.15) is 0 Å². The van der Waals surface area contributed by atoms with Crippen LogP contribution in [-0.2, 0) is 4.74 Å². The van der Waals surface area contributed by atoms with E-state index in [9.17, 15) is 9.59 Å². The van der Waals surface area contributed by atoms with Gasteiger partial charge in [-0.3, -0.25) is 9.78 Å². The standard InChI is InChI=1S/C13H16ClN3O3/c14-4-10-20-13(19)17-8-6-16(7-9-17)12(18)11-3-1-2-5-15-11/h1-3,5H,4,6-10H2. The van der Waals surface area contributed by atoms with Gasteiger partial charge < -0.3 is 14.5 Å². The number of pyridine rings is 1. The Morgan fingerprint density at radius 3 is 2.50 bits per heavy atom. The predicted molar refractivity (Wildman–Crippen MR) is 73.8 cm³/mol. The third-order valence-corrected chi connectivity index (χ3v) is 3.17. The first-order valence-corrected chi connectivity index (χ1v) is 6.94. The summed E-state index contributed by atoms with van der Waals surface area (Å²) in [6, 6.07) is 5.23. The molecule has 2 heterocycles. The predicted octanol–water partition coefficient (Wildman–Crippen LogP) is 1.21. The highest BCUT2D eigenvalue weighted by Crippen LogP contribution is 2.08. The second-order valence-corrected chi connectivity index (χ2v) is 4.68. The zero-order chi connectivity index (χ0) is 14.4. The maximum atomic E-state index is 12.2. The van der Waals surface area contributed by atoms with E-state index in [1.165, 1.54) is 0 Å². The molecule has 0 N–H and O–H groups in total. The van der Waals surface area contributed by atoms with Gasteiger partial charge in [-0.1, -0.05) is 6.07 Å². The van der Waals surface area contributed by atoms with Crippen molar-refractivity contribution in [2.45, 2.75) is 0 Å². The number of rotatable bonds is 3. The first-order valence-electron chi connectivity index (χ1n) is 6.40. The number of carbonyl (C=O) groups excluding carboxylic acids is 2. The summed E-state index contributed by atoms with van der Waals surface area (Å²) in [5.41, 5.74) is 0.422. The SMILES string of the molecule is O=C(OCCCl)N1CCN(C(=O)c2ccccn2)CC1. The van der Waals surface area contributed by atoms with Gasteiger partial charge >= 0.3 is 6.09 Å². The Balaban J connectivity index is 1.85. The number of piperazine rings is 1. The minimum atomic E-state index is -0.379. The summed E-state index contributed by atoms with van der Waals surface area (Å²) in [7, 11) is 0. The van der Waals surface area contributed by atoms with E-state index in [0.29, 0.717) is 31.9 Å². The minimum absolute atomic E-state index is 0.112. The lowest BCUT2D eigenvalue weighted by molar-refractivity contribution is 0.0567. The van der Waals surface area contributed by atoms with Crippen molar-refractivity contribution in [3.63, 3.8) is 0 Å². The molecule has 108 valence electrons. The van der Waals surface area contributed by atoms with Gasteiger partial charge in [-0.05, 0) is 12.1 Å². The third kappa shape index (κ3) is 3.60. The average Bonchev–Trinajstić information content (AvgIpc) is 2.53. The number of amides is 2. The summed E-state index contributed by atoms with van der Waals surface area (Å²) >= 11 is 5.46. The van der Waals surface area contributed by atoms with Crippen LogP contribution in [0.2, 0.25) is 0 Å². The van der Waals surface area contributed by atoms with E-state index >= 15 is 0 Å². The molecule has 0 bridgehead atoms. The Kier molecular flexibility index (Phi) is 5.17. The molecule has 1 aromatic rings. The van der Waals surface area contributed by atoms with Gasteiger partial charge in [0.2, 0.25) is 0 Å². The Bertz CT molecular complexity index is 461. The van der Waals surface area contributed by atoms with Crippen LogP contribution in [0.15, 0.2) is 24.4 Å². The summed E-state index contributed by atoms with van der Waals surface area (Å²) in [5.74, 6) is 0.170. The lowest BCUT2D eigenvalue weighted by Crippen LogP contribution is -2.50.